The standard InChI is InChI=1S/C16H20N2O2S/c1-4-5-13-8-12(16(19)20)9-15(18-13)17-11(3)14-7-6-10(2)21-14/h6-9,11H,4-5H2,1-3H3,(H,17,18)(H,19,20). The average molecular weight is 304 g/mol. The molecule has 21 heavy (non-hydrogen) atoms. The van der Waals surface area contributed by atoms with Crippen LogP contribution in [0.25, 0.3) is 0 Å². The Kier molecular flexibility index (Phi) is 4.96. The quantitative estimate of drug-likeness (QED) is 0.836. The topological polar surface area (TPSA) is 62.2 Å². The highest BCUT2D eigenvalue weighted by atomic mass is 32.1. The Bertz CT molecular complexity index is 637. The van der Waals surface area contributed by atoms with Gasteiger partial charge in [-0.2, -0.15) is 0 Å². The van der Waals surface area contributed by atoms with Crippen molar-refractivity contribution >= 4 is 23.1 Å². The summed E-state index contributed by atoms with van der Waals surface area (Å²) in [6.45, 7) is 6.18. The largest absolute Gasteiger partial charge is 0.478 e. The summed E-state index contributed by atoms with van der Waals surface area (Å²) in [5.41, 5.74) is 1.10. The molecule has 4 nitrogen and oxygen atoms in total. The first kappa shape index (κ1) is 15.5. The smallest absolute Gasteiger partial charge is 0.335 e. The van der Waals surface area contributed by atoms with Gasteiger partial charge in [-0.25, -0.2) is 9.78 Å². The van der Waals surface area contributed by atoms with Crippen LogP contribution in [0.15, 0.2) is 24.3 Å². The highest BCUT2D eigenvalue weighted by Gasteiger charge is 2.12. The fourth-order valence-corrected chi connectivity index (χ4v) is 3.03. The van der Waals surface area contributed by atoms with E-state index in [0.29, 0.717) is 5.82 Å². The van der Waals surface area contributed by atoms with Crippen molar-refractivity contribution in [3.8, 4) is 0 Å². The van der Waals surface area contributed by atoms with E-state index in [2.05, 4.69) is 43.2 Å². The summed E-state index contributed by atoms with van der Waals surface area (Å²) >= 11 is 1.73. The minimum Gasteiger partial charge on any atom is -0.478 e. The summed E-state index contributed by atoms with van der Waals surface area (Å²) in [6.07, 6.45) is 1.72. The predicted octanol–water partition coefficient (Wildman–Crippen LogP) is 4.28. The van der Waals surface area contributed by atoms with Gasteiger partial charge in [0.15, 0.2) is 0 Å². The lowest BCUT2D eigenvalue weighted by Crippen LogP contribution is -2.09. The second-order valence-electron chi connectivity index (χ2n) is 5.10. The maximum Gasteiger partial charge on any atom is 0.335 e. The summed E-state index contributed by atoms with van der Waals surface area (Å²) in [7, 11) is 0. The second kappa shape index (κ2) is 6.72. The van der Waals surface area contributed by atoms with E-state index in [0.717, 1.165) is 18.5 Å². The van der Waals surface area contributed by atoms with Gasteiger partial charge in [-0.15, -0.1) is 11.3 Å². The van der Waals surface area contributed by atoms with Crippen LogP contribution in [0.3, 0.4) is 0 Å². The number of carboxylic acid groups (broad SMARTS) is 1. The number of nitrogens with one attached hydrogen (secondary N) is 1. The Morgan fingerprint density at radius 1 is 1.43 bits per heavy atom. The zero-order valence-electron chi connectivity index (χ0n) is 12.5. The molecule has 112 valence electrons. The summed E-state index contributed by atoms with van der Waals surface area (Å²) in [5.74, 6) is -0.297. The summed E-state index contributed by atoms with van der Waals surface area (Å²) in [5, 5.41) is 12.5. The van der Waals surface area contributed by atoms with E-state index in [-0.39, 0.29) is 11.6 Å². The van der Waals surface area contributed by atoms with E-state index in [9.17, 15) is 9.90 Å². The van der Waals surface area contributed by atoms with E-state index < -0.39 is 5.97 Å². The van der Waals surface area contributed by atoms with Gasteiger partial charge in [-0.3, -0.25) is 0 Å². The lowest BCUT2D eigenvalue weighted by molar-refractivity contribution is 0.0696. The molecule has 0 aromatic carbocycles. The van der Waals surface area contributed by atoms with Crippen LogP contribution in [0.1, 0.15) is 52.1 Å². The highest BCUT2D eigenvalue weighted by Crippen LogP contribution is 2.25. The molecular formula is C16H20N2O2S. The number of thiophene rings is 1. The number of hydrogen-bond donors (Lipinski definition) is 2. The number of aromatic carboxylic acids is 1. The summed E-state index contributed by atoms with van der Waals surface area (Å²) in [6, 6.07) is 7.53. The highest BCUT2D eigenvalue weighted by molar-refractivity contribution is 7.12. The van der Waals surface area contributed by atoms with E-state index in [4.69, 9.17) is 0 Å². The van der Waals surface area contributed by atoms with Gasteiger partial charge < -0.3 is 10.4 Å². The third kappa shape index (κ3) is 4.04. The monoisotopic (exact) mass is 304 g/mol. The number of rotatable bonds is 6. The zero-order chi connectivity index (χ0) is 15.4. The molecule has 0 radical (unpaired) electrons. The lowest BCUT2D eigenvalue weighted by Gasteiger charge is -2.14. The van der Waals surface area contributed by atoms with Crippen molar-refractivity contribution in [2.75, 3.05) is 5.32 Å². The number of carbonyl (C=O) groups is 1. The number of pyridine rings is 1. The Hall–Kier alpha value is -1.88. The van der Waals surface area contributed by atoms with Gasteiger partial charge in [0.05, 0.1) is 11.6 Å². The maximum atomic E-state index is 11.2. The van der Waals surface area contributed by atoms with E-state index in [1.54, 1.807) is 23.5 Å². The van der Waals surface area contributed by atoms with E-state index >= 15 is 0 Å². The third-order valence-electron chi connectivity index (χ3n) is 3.18. The zero-order valence-corrected chi connectivity index (χ0v) is 13.3. The van der Waals surface area contributed by atoms with Gasteiger partial charge in [0.25, 0.3) is 0 Å². The maximum absolute atomic E-state index is 11.2. The molecule has 2 aromatic heterocycles. The normalized spacial score (nSPS) is 12.1. The lowest BCUT2D eigenvalue weighted by atomic mass is 10.1. The van der Waals surface area contributed by atoms with Crippen molar-refractivity contribution in [2.24, 2.45) is 0 Å². The van der Waals surface area contributed by atoms with Crippen molar-refractivity contribution in [3.63, 3.8) is 0 Å². The Labute approximate surface area is 128 Å². The van der Waals surface area contributed by atoms with E-state index in [1.807, 2.05) is 0 Å². The van der Waals surface area contributed by atoms with Gasteiger partial charge in [0.1, 0.15) is 5.82 Å². The molecule has 0 spiro atoms. The Balaban J connectivity index is 2.23. The molecule has 1 atom stereocenters. The number of anilines is 1. The van der Waals surface area contributed by atoms with Gasteiger partial charge >= 0.3 is 5.97 Å². The van der Waals surface area contributed by atoms with Crippen molar-refractivity contribution in [1.29, 1.82) is 0 Å². The molecule has 0 aliphatic rings. The van der Waals surface area contributed by atoms with Crippen molar-refractivity contribution in [3.05, 3.63) is 45.3 Å². The van der Waals surface area contributed by atoms with Crippen LogP contribution in [0.4, 0.5) is 5.82 Å². The Morgan fingerprint density at radius 2 is 2.19 bits per heavy atom. The van der Waals surface area contributed by atoms with Crippen LogP contribution in [0.5, 0.6) is 0 Å². The molecule has 0 bridgehead atoms. The predicted molar refractivity (Wildman–Crippen MR) is 86.3 cm³/mol. The van der Waals surface area contributed by atoms with Crippen molar-refractivity contribution in [2.45, 2.75) is 39.7 Å². The first-order valence-electron chi connectivity index (χ1n) is 7.06. The molecule has 0 aliphatic carbocycles. The average Bonchev–Trinajstić information content (AvgIpc) is 2.85. The first-order chi connectivity index (χ1) is 9.99. The van der Waals surface area contributed by atoms with Crippen LogP contribution >= 0.6 is 11.3 Å². The van der Waals surface area contributed by atoms with Gasteiger partial charge in [-0.1, -0.05) is 13.3 Å². The third-order valence-corrected chi connectivity index (χ3v) is 4.37. The summed E-state index contributed by atoms with van der Waals surface area (Å²) in [4.78, 5) is 18.2. The van der Waals surface area contributed by atoms with Gasteiger partial charge in [-0.05, 0) is 44.5 Å². The SMILES string of the molecule is CCCc1cc(C(=O)O)cc(NC(C)c2ccc(C)s2)n1. The second-order valence-corrected chi connectivity index (χ2v) is 6.42. The van der Waals surface area contributed by atoms with Gasteiger partial charge in [0.2, 0.25) is 0 Å². The van der Waals surface area contributed by atoms with Crippen LogP contribution in [-0.4, -0.2) is 16.1 Å². The van der Waals surface area contributed by atoms with E-state index in [1.165, 1.54) is 9.75 Å². The van der Waals surface area contributed by atoms with Crippen molar-refractivity contribution in [1.82, 2.24) is 4.98 Å². The molecule has 5 heteroatoms. The Morgan fingerprint density at radius 3 is 2.76 bits per heavy atom. The molecule has 2 heterocycles. The molecule has 0 amide bonds. The molecule has 1 unspecified atom stereocenters. The number of hydrogen-bond acceptors (Lipinski definition) is 4. The molecule has 0 saturated heterocycles. The van der Waals surface area contributed by atoms with Crippen molar-refractivity contribution < 1.29 is 9.90 Å². The minimum absolute atomic E-state index is 0.106. The number of nitrogens with zero attached hydrogens (tertiary/aromatic N) is 1. The van der Waals surface area contributed by atoms with Crippen LogP contribution in [0.2, 0.25) is 0 Å². The number of aromatic nitrogens is 1. The molecular weight excluding hydrogens is 284 g/mol. The molecule has 2 aromatic rings. The van der Waals surface area contributed by atoms with Gasteiger partial charge in [0, 0.05) is 15.4 Å². The van der Waals surface area contributed by atoms with Crippen LogP contribution < -0.4 is 5.32 Å². The van der Waals surface area contributed by atoms with Crippen LogP contribution in [0, 0.1) is 6.92 Å². The molecule has 0 saturated carbocycles. The fraction of sp³-hybridized carbons (Fsp3) is 0.375. The fourth-order valence-electron chi connectivity index (χ4n) is 2.15. The summed E-state index contributed by atoms with van der Waals surface area (Å²) < 4.78 is 0. The number of aryl methyl sites for hydroxylation is 2. The molecule has 2 rings (SSSR count). The first-order valence-corrected chi connectivity index (χ1v) is 7.88. The van der Waals surface area contributed by atoms with Crippen LogP contribution in [-0.2, 0) is 6.42 Å². The molecule has 0 aliphatic heterocycles. The number of carboxylic acids is 1. The molecule has 0 fully saturated rings. The molecule has 2 N–H and O–H groups in total. The minimum atomic E-state index is -0.919.